The fourth-order valence-corrected chi connectivity index (χ4v) is 1.73. The summed E-state index contributed by atoms with van der Waals surface area (Å²) in [5.74, 6) is -1.93. The molecule has 0 radical (unpaired) electrons. The molecule has 0 saturated carbocycles. The molecule has 1 fully saturated rings. The van der Waals surface area contributed by atoms with Crippen molar-refractivity contribution in [3.63, 3.8) is 0 Å². The Bertz CT molecular complexity index is 488. The van der Waals surface area contributed by atoms with Gasteiger partial charge in [0.15, 0.2) is 0 Å². The number of ether oxygens (including phenoxy) is 1. The van der Waals surface area contributed by atoms with Crippen LogP contribution >= 0.6 is 0 Å². The SMILES string of the molecule is COC(=O)N1CCN(/C=C(/C#N)C(=O)NCC(=O)O)CC1. The number of carbonyl (C=O) groups excluding carboxylic acids is 2. The zero-order valence-electron chi connectivity index (χ0n) is 11.5. The van der Waals surface area contributed by atoms with E-state index in [1.165, 1.54) is 18.2 Å². The molecule has 0 unspecified atom stereocenters. The highest BCUT2D eigenvalue weighted by atomic mass is 16.5. The van der Waals surface area contributed by atoms with E-state index in [2.05, 4.69) is 10.1 Å². The topological polar surface area (TPSA) is 123 Å². The van der Waals surface area contributed by atoms with E-state index in [0.717, 1.165) is 0 Å². The summed E-state index contributed by atoms with van der Waals surface area (Å²) in [6.45, 7) is 1.18. The molecule has 0 bridgehead atoms. The van der Waals surface area contributed by atoms with Gasteiger partial charge in [0.25, 0.3) is 5.91 Å². The van der Waals surface area contributed by atoms with E-state index in [0.29, 0.717) is 26.2 Å². The van der Waals surface area contributed by atoms with Gasteiger partial charge < -0.3 is 25.0 Å². The second-order valence-electron chi connectivity index (χ2n) is 4.22. The number of rotatable bonds is 4. The Kier molecular flexibility index (Phi) is 6.00. The van der Waals surface area contributed by atoms with E-state index >= 15 is 0 Å². The Labute approximate surface area is 121 Å². The number of hydrogen-bond acceptors (Lipinski definition) is 6. The number of carboxylic acids is 1. The molecule has 0 aromatic carbocycles. The minimum Gasteiger partial charge on any atom is -0.480 e. The minimum atomic E-state index is -1.19. The lowest BCUT2D eigenvalue weighted by Crippen LogP contribution is -2.47. The molecule has 21 heavy (non-hydrogen) atoms. The van der Waals surface area contributed by atoms with Gasteiger partial charge in [-0.2, -0.15) is 5.26 Å². The molecule has 1 aliphatic heterocycles. The van der Waals surface area contributed by atoms with Gasteiger partial charge in [0.1, 0.15) is 18.2 Å². The van der Waals surface area contributed by atoms with Crippen LogP contribution < -0.4 is 5.32 Å². The molecule has 9 heteroatoms. The third-order valence-corrected chi connectivity index (χ3v) is 2.82. The Morgan fingerprint density at radius 1 is 1.33 bits per heavy atom. The van der Waals surface area contributed by atoms with Gasteiger partial charge in [0.05, 0.1) is 7.11 Å². The van der Waals surface area contributed by atoms with Crippen LogP contribution in [0.4, 0.5) is 4.79 Å². The fourth-order valence-electron chi connectivity index (χ4n) is 1.73. The van der Waals surface area contributed by atoms with Crippen molar-refractivity contribution >= 4 is 18.0 Å². The number of nitrogens with one attached hydrogen (secondary N) is 1. The third kappa shape index (κ3) is 5.02. The van der Waals surface area contributed by atoms with Crippen LogP contribution in [0.5, 0.6) is 0 Å². The van der Waals surface area contributed by atoms with Crippen LogP contribution in [-0.4, -0.2) is 72.7 Å². The highest BCUT2D eigenvalue weighted by molar-refractivity contribution is 5.98. The quantitative estimate of drug-likeness (QED) is 0.502. The number of nitriles is 1. The maximum Gasteiger partial charge on any atom is 0.409 e. The smallest absolute Gasteiger partial charge is 0.409 e. The van der Waals surface area contributed by atoms with Crippen LogP contribution in [0.3, 0.4) is 0 Å². The van der Waals surface area contributed by atoms with Crippen molar-refractivity contribution in [3.8, 4) is 6.07 Å². The van der Waals surface area contributed by atoms with Gasteiger partial charge >= 0.3 is 12.1 Å². The lowest BCUT2D eigenvalue weighted by atomic mass is 10.2. The highest BCUT2D eigenvalue weighted by Crippen LogP contribution is 2.06. The summed E-state index contributed by atoms with van der Waals surface area (Å²) in [5.41, 5.74) is -0.178. The number of hydrogen-bond donors (Lipinski definition) is 2. The van der Waals surface area contributed by atoms with Gasteiger partial charge in [-0.05, 0) is 0 Å². The lowest BCUT2D eigenvalue weighted by Gasteiger charge is -2.33. The molecule has 0 aliphatic carbocycles. The molecular formula is C12H16N4O5. The van der Waals surface area contributed by atoms with Crippen molar-refractivity contribution in [2.45, 2.75) is 0 Å². The van der Waals surface area contributed by atoms with Crippen molar-refractivity contribution in [3.05, 3.63) is 11.8 Å². The van der Waals surface area contributed by atoms with Gasteiger partial charge in [-0.1, -0.05) is 0 Å². The predicted octanol–water partition coefficient (Wildman–Crippen LogP) is -1.02. The Balaban J connectivity index is 2.57. The third-order valence-electron chi connectivity index (χ3n) is 2.82. The average Bonchev–Trinajstić information content (AvgIpc) is 2.50. The number of aliphatic carboxylic acids is 1. The largest absolute Gasteiger partial charge is 0.480 e. The summed E-state index contributed by atoms with van der Waals surface area (Å²) in [5, 5.41) is 19.5. The van der Waals surface area contributed by atoms with Crippen LogP contribution in [0.25, 0.3) is 0 Å². The standard InChI is InChI=1S/C12H16N4O5/c1-21-12(20)16-4-2-15(3-5-16)8-9(6-13)11(19)14-7-10(17)18/h8H,2-5,7H2,1H3,(H,14,19)(H,17,18)/b9-8-. The summed E-state index contributed by atoms with van der Waals surface area (Å²) in [6, 6.07) is 1.73. The predicted molar refractivity (Wildman–Crippen MR) is 69.9 cm³/mol. The summed E-state index contributed by atoms with van der Waals surface area (Å²) in [7, 11) is 1.30. The number of carboxylic acid groups (broad SMARTS) is 1. The maximum atomic E-state index is 11.6. The first-order valence-electron chi connectivity index (χ1n) is 6.16. The number of amides is 2. The molecule has 1 heterocycles. The molecule has 0 spiro atoms. The second-order valence-corrected chi connectivity index (χ2v) is 4.22. The van der Waals surface area contributed by atoms with Crippen LogP contribution in [0.2, 0.25) is 0 Å². The van der Waals surface area contributed by atoms with Gasteiger partial charge in [0.2, 0.25) is 0 Å². The van der Waals surface area contributed by atoms with Gasteiger partial charge in [-0.15, -0.1) is 0 Å². The van der Waals surface area contributed by atoms with E-state index in [-0.39, 0.29) is 5.57 Å². The molecular weight excluding hydrogens is 280 g/mol. The van der Waals surface area contributed by atoms with Crippen molar-refractivity contribution in [2.24, 2.45) is 0 Å². The zero-order chi connectivity index (χ0) is 15.8. The first-order valence-corrected chi connectivity index (χ1v) is 6.16. The average molecular weight is 296 g/mol. The van der Waals surface area contributed by atoms with E-state index in [9.17, 15) is 14.4 Å². The highest BCUT2D eigenvalue weighted by Gasteiger charge is 2.21. The molecule has 0 atom stereocenters. The van der Waals surface area contributed by atoms with Crippen LogP contribution in [0.1, 0.15) is 0 Å². The van der Waals surface area contributed by atoms with E-state index < -0.39 is 24.5 Å². The van der Waals surface area contributed by atoms with E-state index in [1.807, 2.05) is 0 Å². The van der Waals surface area contributed by atoms with Gasteiger partial charge in [-0.3, -0.25) is 9.59 Å². The molecule has 0 aromatic heterocycles. The summed E-state index contributed by atoms with van der Waals surface area (Å²) in [6.07, 6.45) is 0.949. The lowest BCUT2D eigenvalue weighted by molar-refractivity contribution is -0.137. The number of methoxy groups -OCH3 is 1. The zero-order valence-corrected chi connectivity index (χ0v) is 11.5. The molecule has 1 aliphatic rings. The number of carbonyl (C=O) groups is 3. The van der Waals surface area contributed by atoms with Crippen LogP contribution in [-0.2, 0) is 14.3 Å². The Hall–Kier alpha value is -2.76. The summed E-state index contributed by atoms with van der Waals surface area (Å²) in [4.78, 5) is 36.5. The molecule has 2 amide bonds. The van der Waals surface area contributed by atoms with Crippen molar-refractivity contribution < 1.29 is 24.2 Å². The monoisotopic (exact) mass is 296 g/mol. The van der Waals surface area contributed by atoms with Gasteiger partial charge in [0, 0.05) is 32.4 Å². The first kappa shape index (κ1) is 16.3. The fraction of sp³-hybridized carbons (Fsp3) is 0.500. The number of nitrogens with zero attached hydrogens (tertiary/aromatic N) is 3. The summed E-state index contributed by atoms with van der Waals surface area (Å²) >= 11 is 0. The molecule has 2 N–H and O–H groups in total. The van der Waals surface area contributed by atoms with Crippen molar-refractivity contribution in [1.29, 1.82) is 5.26 Å². The van der Waals surface area contributed by atoms with Crippen molar-refractivity contribution in [1.82, 2.24) is 15.1 Å². The first-order chi connectivity index (χ1) is 9.97. The van der Waals surface area contributed by atoms with E-state index in [4.69, 9.17) is 10.4 Å². The maximum absolute atomic E-state index is 11.6. The number of piperazine rings is 1. The molecule has 1 saturated heterocycles. The normalized spacial score (nSPS) is 15.1. The molecule has 1 rings (SSSR count). The molecule has 0 aromatic rings. The van der Waals surface area contributed by atoms with Crippen molar-refractivity contribution in [2.75, 3.05) is 39.8 Å². The molecule has 9 nitrogen and oxygen atoms in total. The molecule has 114 valence electrons. The van der Waals surface area contributed by atoms with Crippen LogP contribution in [0.15, 0.2) is 11.8 Å². The van der Waals surface area contributed by atoms with Gasteiger partial charge in [-0.25, -0.2) is 4.79 Å². The Morgan fingerprint density at radius 3 is 2.43 bits per heavy atom. The Morgan fingerprint density at radius 2 is 1.95 bits per heavy atom. The van der Waals surface area contributed by atoms with E-state index in [1.54, 1.807) is 11.0 Å². The van der Waals surface area contributed by atoms with Crippen LogP contribution in [0, 0.1) is 11.3 Å². The summed E-state index contributed by atoms with van der Waals surface area (Å²) < 4.78 is 4.60. The second kappa shape index (κ2) is 7.74. The minimum absolute atomic E-state index is 0.178.